The van der Waals surface area contributed by atoms with Gasteiger partial charge >= 0.3 is 5.97 Å². The van der Waals surface area contributed by atoms with Crippen LogP contribution >= 0.6 is 11.6 Å². The third-order valence-electron chi connectivity index (χ3n) is 4.22. The third kappa shape index (κ3) is 6.96. The number of methoxy groups -OCH3 is 1. The number of amides is 1. The lowest BCUT2D eigenvalue weighted by molar-refractivity contribution is -0.124. The number of carbonyl (C=O) groups excluding carboxylic acids is 2. The average Bonchev–Trinajstić information content (AvgIpc) is 2.75. The number of nitrogens with two attached hydrogens (primary N) is 1. The number of halogens is 1. The Morgan fingerprint density at radius 2 is 1.74 bits per heavy atom. The summed E-state index contributed by atoms with van der Waals surface area (Å²) in [4.78, 5) is 24.3. The number of nitrogens with one attached hydrogen (secondary N) is 1. The second-order valence-corrected chi connectivity index (χ2v) is 6.80. The summed E-state index contributed by atoms with van der Waals surface area (Å²) in [5.41, 5.74) is 7.04. The third-order valence-corrected chi connectivity index (χ3v) is 4.54. The number of anilines is 1. The van der Waals surface area contributed by atoms with Crippen molar-refractivity contribution in [2.75, 3.05) is 39.2 Å². The second-order valence-electron chi connectivity index (χ2n) is 6.40. The molecule has 168 valence electrons. The summed E-state index contributed by atoms with van der Waals surface area (Å²) in [6.07, 6.45) is 0.577. The van der Waals surface area contributed by atoms with Gasteiger partial charge in [-0.1, -0.05) is 17.7 Å². The van der Waals surface area contributed by atoms with Crippen LogP contribution in [0.25, 0.3) is 0 Å². The average molecular weight is 451 g/mol. The lowest BCUT2D eigenvalue weighted by Gasteiger charge is -2.13. The number of hydrogen-bond acceptors (Lipinski definition) is 7. The van der Waals surface area contributed by atoms with Gasteiger partial charge in [-0.05, 0) is 44.0 Å². The van der Waals surface area contributed by atoms with E-state index in [1.807, 2.05) is 32.0 Å². The summed E-state index contributed by atoms with van der Waals surface area (Å²) in [5, 5.41) is 2.91. The van der Waals surface area contributed by atoms with E-state index >= 15 is 0 Å². The van der Waals surface area contributed by atoms with E-state index in [2.05, 4.69) is 5.32 Å². The van der Waals surface area contributed by atoms with Crippen molar-refractivity contribution in [3.8, 4) is 17.2 Å². The standard InChI is InChI=1S/C22H27ClN2O6/c1-4-29-18-7-6-14(10-20(18)30-5-2)8-9-25-21(26)13-31-22(27)15-11-16(23)17(24)12-19(15)28-3/h6-7,10-12H,4-5,8-9,13,24H2,1-3H3,(H,25,26). The molecule has 8 nitrogen and oxygen atoms in total. The highest BCUT2D eigenvalue weighted by molar-refractivity contribution is 6.33. The molecule has 0 bridgehead atoms. The van der Waals surface area contributed by atoms with Crippen LogP contribution < -0.4 is 25.3 Å². The molecule has 0 aromatic heterocycles. The Bertz CT molecular complexity index is 919. The van der Waals surface area contributed by atoms with Crippen LogP contribution in [0.4, 0.5) is 5.69 Å². The molecule has 0 aliphatic heterocycles. The Balaban J connectivity index is 1.86. The maximum absolute atomic E-state index is 12.3. The van der Waals surface area contributed by atoms with Crippen LogP contribution in [0.3, 0.4) is 0 Å². The maximum atomic E-state index is 12.3. The zero-order chi connectivity index (χ0) is 22.8. The molecule has 0 spiro atoms. The molecule has 9 heteroatoms. The van der Waals surface area contributed by atoms with Gasteiger partial charge in [0.05, 0.1) is 31.0 Å². The molecular formula is C22H27ClN2O6. The topological polar surface area (TPSA) is 109 Å². The number of rotatable bonds is 11. The minimum absolute atomic E-state index is 0.0901. The van der Waals surface area contributed by atoms with Gasteiger partial charge in [0.25, 0.3) is 5.91 Å². The van der Waals surface area contributed by atoms with Crippen molar-refractivity contribution in [2.24, 2.45) is 0 Å². The number of benzene rings is 2. The number of nitrogen functional groups attached to an aromatic ring is 1. The van der Waals surface area contributed by atoms with Crippen molar-refractivity contribution in [3.63, 3.8) is 0 Å². The minimum atomic E-state index is -0.734. The number of hydrogen-bond donors (Lipinski definition) is 2. The van der Waals surface area contributed by atoms with Crippen LogP contribution in [0, 0.1) is 0 Å². The molecule has 1 amide bonds. The molecule has 0 aliphatic carbocycles. The van der Waals surface area contributed by atoms with Gasteiger partial charge in [-0.15, -0.1) is 0 Å². The monoisotopic (exact) mass is 450 g/mol. The van der Waals surface area contributed by atoms with Gasteiger partial charge in [0.1, 0.15) is 11.3 Å². The fourth-order valence-electron chi connectivity index (χ4n) is 2.75. The molecule has 31 heavy (non-hydrogen) atoms. The molecule has 0 heterocycles. The highest BCUT2D eigenvalue weighted by Crippen LogP contribution is 2.30. The maximum Gasteiger partial charge on any atom is 0.342 e. The van der Waals surface area contributed by atoms with Crippen LogP contribution in [0.2, 0.25) is 5.02 Å². The molecule has 0 radical (unpaired) electrons. The molecule has 0 aliphatic rings. The van der Waals surface area contributed by atoms with E-state index in [4.69, 9.17) is 36.3 Å². The Kier molecular flexibility index (Phi) is 9.27. The van der Waals surface area contributed by atoms with Gasteiger partial charge in [-0.2, -0.15) is 0 Å². The second kappa shape index (κ2) is 11.9. The van der Waals surface area contributed by atoms with Crippen molar-refractivity contribution < 1.29 is 28.5 Å². The SMILES string of the molecule is CCOc1ccc(CCNC(=O)COC(=O)c2cc(Cl)c(N)cc2OC)cc1OCC. The Labute approximate surface area is 186 Å². The molecule has 0 unspecified atom stereocenters. The fourth-order valence-corrected chi connectivity index (χ4v) is 2.92. The van der Waals surface area contributed by atoms with Gasteiger partial charge in [0, 0.05) is 12.6 Å². The molecule has 0 saturated heterocycles. The smallest absolute Gasteiger partial charge is 0.342 e. The van der Waals surface area contributed by atoms with E-state index in [0.29, 0.717) is 37.7 Å². The van der Waals surface area contributed by atoms with E-state index in [9.17, 15) is 9.59 Å². The van der Waals surface area contributed by atoms with Crippen molar-refractivity contribution in [1.29, 1.82) is 0 Å². The van der Waals surface area contributed by atoms with Crippen molar-refractivity contribution in [2.45, 2.75) is 20.3 Å². The van der Waals surface area contributed by atoms with Gasteiger partial charge in [-0.3, -0.25) is 4.79 Å². The Morgan fingerprint density at radius 3 is 2.42 bits per heavy atom. The highest BCUT2D eigenvalue weighted by Gasteiger charge is 2.17. The summed E-state index contributed by atoms with van der Waals surface area (Å²) >= 11 is 5.95. The first kappa shape index (κ1) is 24.1. The zero-order valence-corrected chi connectivity index (χ0v) is 18.6. The van der Waals surface area contributed by atoms with E-state index in [1.54, 1.807) is 0 Å². The Hall–Kier alpha value is -3.13. The highest BCUT2D eigenvalue weighted by atomic mass is 35.5. The first-order valence-electron chi connectivity index (χ1n) is 9.84. The zero-order valence-electron chi connectivity index (χ0n) is 17.8. The van der Waals surface area contributed by atoms with Crippen LogP contribution in [-0.2, 0) is 16.0 Å². The van der Waals surface area contributed by atoms with Gasteiger partial charge in [0.15, 0.2) is 18.1 Å². The quantitative estimate of drug-likeness (QED) is 0.399. The number of ether oxygens (including phenoxy) is 4. The summed E-state index contributed by atoms with van der Waals surface area (Å²) in [6.45, 7) is 4.81. The first-order valence-corrected chi connectivity index (χ1v) is 10.2. The molecular weight excluding hydrogens is 424 g/mol. The van der Waals surface area contributed by atoms with Crippen LogP contribution in [0.1, 0.15) is 29.8 Å². The molecule has 2 aromatic rings. The summed E-state index contributed by atoms with van der Waals surface area (Å²) in [5.74, 6) is 0.403. The van der Waals surface area contributed by atoms with E-state index in [-0.39, 0.29) is 22.0 Å². The fraction of sp³-hybridized carbons (Fsp3) is 0.364. The summed E-state index contributed by atoms with van der Waals surface area (Å²) in [7, 11) is 1.39. The molecule has 0 atom stereocenters. The van der Waals surface area contributed by atoms with Gasteiger partial charge < -0.3 is 30.0 Å². The van der Waals surface area contributed by atoms with Gasteiger partial charge in [-0.25, -0.2) is 4.79 Å². The molecule has 2 aromatic carbocycles. The summed E-state index contributed by atoms with van der Waals surface area (Å²) < 4.78 is 21.3. The number of carbonyl (C=O) groups is 2. The largest absolute Gasteiger partial charge is 0.496 e. The van der Waals surface area contributed by atoms with Gasteiger partial charge in [0.2, 0.25) is 0 Å². The summed E-state index contributed by atoms with van der Waals surface area (Å²) in [6, 6.07) is 8.41. The lowest BCUT2D eigenvalue weighted by atomic mass is 10.1. The van der Waals surface area contributed by atoms with Crippen LogP contribution in [0.15, 0.2) is 30.3 Å². The van der Waals surface area contributed by atoms with E-state index in [0.717, 1.165) is 5.56 Å². The molecule has 3 N–H and O–H groups in total. The van der Waals surface area contributed by atoms with Crippen LogP contribution in [-0.4, -0.2) is 45.4 Å². The molecule has 0 fully saturated rings. The number of esters is 1. The molecule has 0 saturated carbocycles. The van der Waals surface area contributed by atoms with E-state index < -0.39 is 18.5 Å². The van der Waals surface area contributed by atoms with Crippen molar-refractivity contribution >= 4 is 29.2 Å². The molecule has 2 rings (SSSR count). The lowest BCUT2D eigenvalue weighted by Crippen LogP contribution is -2.30. The van der Waals surface area contributed by atoms with E-state index in [1.165, 1.54) is 19.2 Å². The minimum Gasteiger partial charge on any atom is -0.496 e. The first-order chi connectivity index (χ1) is 14.9. The van der Waals surface area contributed by atoms with Crippen molar-refractivity contribution in [3.05, 3.63) is 46.5 Å². The predicted octanol–water partition coefficient (Wildman–Crippen LogP) is 3.24. The van der Waals surface area contributed by atoms with Crippen LogP contribution in [0.5, 0.6) is 17.2 Å². The predicted molar refractivity (Wildman–Crippen MR) is 118 cm³/mol. The Morgan fingerprint density at radius 1 is 1.03 bits per heavy atom. The van der Waals surface area contributed by atoms with Crippen molar-refractivity contribution in [1.82, 2.24) is 5.32 Å². The normalized spacial score (nSPS) is 10.3.